The van der Waals surface area contributed by atoms with Gasteiger partial charge in [0.2, 0.25) is 0 Å². The summed E-state index contributed by atoms with van der Waals surface area (Å²) < 4.78 is 7.18. The molecule has 0 aliphatic heterocycles. The zero-order valence-corrected chi connectivity index (χ0v) is 14.8. The zero-order valence-electron chi connectivity index (χ0n) is 14.8. The van der Waals surface area contributed by atoms with Gasteiger partial charge in [0.05, 0.1) is 6.61 Å². The van der Waals surface area contributed by atoms with E-state index in [0.29, 0.717) is 5.70 Å². The number of nitrogens with zero attached hydrogens (tertiary/aromatic N) is 3. The quantitative estimate of drug-likeness (QED) is 0.568. The standard InChI is InChI=1S/C19H25N3O2/c1-5-6-11-24-16-9-7-15(8-10-16)12-17(18(23)19(2,3)4)22-14-20-13-21-22/h7-10,12-14H,5-6,11H2,1-4H3. The van der Waals surface area contributed by atoms with Gasteiger partial charge < -0.3 is 4.74 Å². The minimum Gasteiger partial charge on any atom is -0.494 e. The fraction of sp³-hybridized carbons (Fsp3) is 0.421. The lowest BCUT2D eigenvalue weighted by Crippen LogP contribution is -2.24. The molecule has 1 aromatic carbocycles. The molecule has 2 aromatic rings. The molecule has 1 aromatic heterocycles. The van der Waals surface area contributed by atoms with Crippen LogP contribution in [0.15, 0.2) is 36.9 Å². The van der Waals surface area contributed by atoms with E-state index in [1.807, 2.05) is 51.1 Å². The maximum atomic E-state index is 12.7. The Labute approximate surface area is 143 Å². The fourth-order valence-corrected chi connectivity index (χ4v) is 2.11. The first kappa shape index (κ1) is 17.9. The van der Waals surface area contributed by atoms with Crippen molar-refractivity contribution < 1.29 is 9.53 Å². The lowest BCUT2D eigenvalue weighted by Gasteiger charge is -2.18. The predicted molar refractivity (Wildman–Crippen MR) is 95.5 cm³/mol. The summed E-state index contributed by atoms with van der Waals surface area (Å²) in [4.78, 5) is 16.7. The maximum absolute atomic E-state index is 12.7. The number of hydrogen-bond acceptors (Lipinski definition) is 4. The number of aromatic nitrogens is 3. The maximum Gasteiger partial charge on any atom is 0.186 e. The average Bonchev–Trinajstić information content (AvgIpc) is 3.07. The van der Waals surface area contributed by atoms with Crippen molar-refractivity contribution in [1.82, 2.24) is 14.8 Å². The van der Waals surface area contributed by atoms with Crippen LogP contribution in [0, 0.1) is 5.41 Å². The van der Waals surface area contributed by atoms with Crippen molar-refractivity contribution in [2.45, 2.75) is 40.5 Å². The van der Waals surface area contributed by atoms with Gasteiger partial charge in [-0.05, 0) is 30.2 Å². The number of rotatable bonds is 7. The Hall–Kier alpha value is -2.43. The second kappa shape index (κ2) is 7.90. The van der Waals surface area contributed by atoms with Gasteiger partial charge in [-0.1, -0.05) is 46.2 Å². The third kappa shape index (κ3) is 4.78. The van der Waals surface area contributed by atoms with E-state index in [4.69, 9.17) is 4.74 Å². The smallest absolute Gasteiger partial charge is 0.186 e. The van der Waals surface area contributed by atoms with E-state index in [2.05, 4.69) is 17.0 Å². The zero-order chi connectivity index (χ0) is 17.6. The predicted octanol–water partition coefficient (Wildman–Crippen LogP) is 4.07. The first-order valence-corrected chi connectivity index (χ1v) is 8.26. The topological polar surface area (TPSA) is 57.0 Å². The number of unbranched alkanes of at least 4 members (excludes halogenated alkanes) is 1. The molecule has 0 atom stereocenters. The van der Waals surface area contributed by atoms with Gasteiger partial charge in [-0.2, -0.15) is 5.10 Å². The first-order valence-electron chi connectivity index (χ1n) is 8.26. The molecule has 128 valence electrons. The number of allylic oxidation sites excluding steroid dienone is 1. The molecule has 0 saturated heterocycles. The molecule has 0 unspecified atom stereocenters. The second-order valence-corrected chi connectivity index (χ2v) is 6.72. The highest BCUT2D eigenvalue weighted by Gasteiger charge is 2.26. The van der Waals surface area contributed by atoms with Crippen molar-refractivity contribution in [2.24, 2.45) is 5.41 Å². The van der Waals surface area contributed by atoms with Crippen LogP contribution in [-0.4, -0.2) is 27.2 Å². The highest BCUT2D eigenvalue weighted by Crippen LogP contribution is 2.24. The Balaban J connectivity index is 2.25. The van der Waals surface area contributed by atoms with Gasteiger partial charge in [-0.25, -0.2) is 9.67 Å². The minimum absolute atomic E-state index is 0.0104. The molecule has 5 nitrogen and oxygen atoms in total. The summed E-state index contributed by atoms with van der Waals surface area (Å²) in [5, 5.41) is 4.11. The Morgan fingerprint density at radius 3 is 2.50 bits per heavy atom. The molecule has 24 heavy (non-hydrogen) atoms. The number of ketones is 1. The molecule has 0 saturated carbocycles. The Morgan fingerprint density at radius 2 is 1.96 bits per heavy atom. The molecule has 0 fully saturated rings. The molecular weight excluding hydrogens is 302 g/mol. The summed E-state index contributed by atoms with van der Waals surface area (Å²) >= 11 is 0. The third-order valence-corrected chi connectivity index (χ3v) is 3.53. The normalized spacial score (nSPS) is 12.2. The number of hydrogen-bond donors (Lipinski definition) is 0. The fourth-order valence-electron chi connectivity index (χ4n) is 2.11. The van der Waals surface area contributed by atoms with Crippen molar-refractivity contribution in [3.8, 4) is 5.75 Å². The average molecular weight is 327 g/mol. The van der Waals surface area contributed by atoms with E-state index < -0.39 is 5.41 Å². The van der Waals surface area contributed by atoms with E-state index in [1.165, 1.54) is 17.3 Å². The van der Waals surface area contributed by atoms with Crippen molar-refractivity contribution in [3.05, 3.63) is 42.5 Å². The molecule has 0 amide bonds. The molecule has 0 aliphatic carbocycles. The van der Waals surface area contributed by atoms with E-state index >= 15 is 0 Å². The number of benzene rings is 1. The SMILES string of the molecule is CCCCOc1ccc(C=C(C(=O)C(C)(C)C)n2cncn2)cc1. The van der Waals surface area contributed by atoms with Crippen LogP contribution in [0.2, 0.25) is 0 Å². The Morgan fingerprint density at radius 1 is 1.25 bits per heavy atom. The van der Waals surface area contributed by atoms with Crippen molar-refractivity contribution in [3.63, 3.8) is 0 Å². The van der Waals surface area contributed by atoms with E-state index in [0.717, 1.165) is 30.8 Å². The van der Waals surface area contributed by atoms with Crippen LogP contribution in [-0.2, 0) is 4.79 Å². The molecule has 0 bridgehead atoms. The van der Waals surface area contributed by atoms with E-state index in [-0.39, 0.29) is 5.78 Å². The van der Waals surface area contributed by atoms with E-state index in [1.54, 1.807) is 0 Å². The van der Waals surface area contributed by atoms with Crippen molar-refractivity contribution in [2.75, 3.05) is 6.61 Å². The molecule has 0 aliphatic rings. The van der Waals surface area contributed by atoms with Crippen LogP contribution >= 0.6 is 0 Å². The molecule has 0 spiro atoms. The second-order valence-electron chi connectivity index (χ2n) is 6.72. The van der Waals surface area contributed by atoms with Crippen LogP contribution in [0.1, 0.15) is 46.1 Å². The summed E-state index contributed by atoms with van der Waals surface area (Å²) in [6.07, 6.45) is 6.94. The summed E-state index contributed by atoms with van der Waals surface area (Å²) in [5.41, 5.74) is 0.918. The van der Waals surface area contributed by atoms with Gasteiger partial charge in [0, 0.05) is 5.41 Å². The lowest BCUT2D eigenvalue weighted by atomic mass is 9.88. The highest BCUT2D eigenvalue weighted by molar-refractivity contribution is 6.21. The van der Waals surface area contributed by atoms with Crippen LogP contribution < -0.4 is 4.74 Å². The van der Waals surface area contributed by atoms with Gasteiger partial charge in [-0.15, -0.1) is 0 Å². The number of ether oxygens (including phenoxy) is 1. The Kier molecular flexibility index (Phi) is 5.90. The molecule has 1 heterocycles. The van der Waals surface area contributed by atoms with Gasteiger partial charge >= 0.3 is 0 Å². The van der Waals surface area contributed by atoms with Crippen LogP contribution in [0.5, 0.6) is 5.75 Å². The van der Waals surface area contributed by atoms with Crippen LogP contribution in [0.3, 0.4) is 0 Å². The largest absolute Gasteiger partial charge is 0.494 e. The van der Waals surface area contributed by atoms with Gasteiger partial charge in [0.25, 0.3) is 0 Å². The van der Waals surface area contributed by atoms with Crippen molar-refractivity contribution in [1.29, 1.82) is 0 Å². The van der Waals surface area contributed by atoms with Crippen LogP contribution in [0.25, 0.3) is 11.8 Å². The summed E-state index contributed by atoms with van der Waals surface area (Å²) in [5.74, 6) is 0.848. The third-order valence-electron chi connectivity index (χ3n) is 3.53. The monoisotopic (exact) mass is 327 g/mol. The summed E-state index contributed by atoms with van der Waals surface area (Å²) in [6, 6.07) is 7.71. The molecule has 0 N–H and O–H groups in total. The summed E-state index contributed by atoms with van der Waals surface area (Å²) in [6.45, 7) is 8.54. The summed E-state index contributed by atoms with van der Waals surface area (Å²) in [7, 11) is 0. The first-order chi connectivity index (χ1) is 11.4. The number of Topliss-reactive ketones (excluding diaryl/α,β-unsaturated/α-hetero) is 1. The van der Waals surface area contributed by atoms with Gasteiger partial charge in [-0.3, -0.25) is 4.79 Å². The van der Waals surface area contributed by atoms with Gasteiger partial charge in [0.15, 0.2) is 5.78 Å². The molecule has 0 radical (unpaired) electrons. The minimum atomic E-state index is -0.499. The highest BCUT2D eigenvalue weighted by atomic mass is 16.5. The van der Waals surface area contributed by atoms with Crippen LogP contribution in [0.4, 0.5) is 0 Å². The van der Waals surface area contributed by atoms with E-state index in [9.17, 15) is 4.79 Å². The number of carbonyl (C=O) groups excluding carboxylic acids is 1. The lowest BCUT2D eigenvalue weighted by molar-refractivity contribution is -0.120. The molecule has 2 rings (SSSR count). The molecule has 5 heteroatoms. The van der Waals surface area contributed by atoms with Gasteiger partial charge in [0.1, 0.15) is 24.1 Å². The Bertz CT molecular complexity index is 680. The molecular formula is C19H25N3O2. The van der Waals surface area contributed by atoms with Crippen molar-refractivity contribution >= 4 is 17.6 Å². The number of carbonyl (C=O) groups is 1.